The predicted octanol–water partition coefficient (Wildman–Crippen LogP) is 3.40. The number of amides is 3. The molecule has 2 N–H and O–H groups in total. The minimum atomic E-state index is -0.790. The van der Waals surface area contributed by atoms with Gasteiger partial charge in [-0.2, -0.15) is 0 Å². The molecule has 27 heavy (non-hydrogen) atoms. The highest BCUT2D eigenvalue weighted by molar-refractivity contribution is 6.34. The molecule has 2 rings (SSSR count). The first kappa shape index (κ1) is 20.9. The van der Waals surface area contributed by atoms with Gasteiger partial charge >= 0.3 is 0 Å². The molecular formula is C19H23ClFN3O3. The van der Waals surface area contributed by atoms with E-state index in [0.717, 1.165) is 11.0 Å². The number of carbonyl (C=O) groups excluding carboxylic acids is 3. The van der Waals surface area contributed by atoms with Crippen LogP contribution in [0.5, 0.6) is 0 Å². The third-order valence-electron chi connectivity index (χ3n) is 4.12. The van der Waals surface area contributed by atoms with Crippen molar-refractivity contribution in [1.29, 1.82) is 0 Å². The van der Waals surface area contributed by atoms with Gasteiger partial charge in [0.05, 0.1) is 22.8 Å². The lowest BCUT2D eigenvalue weighted by atomic mass is 10.1. The number of nitrogens with one attached hydrogen (secondary N) is 2. The number of hydrogen-bond acceptors (Lipinski definition) is 4. The summed E-state index contributed by atoms with van der Waals surface area (Å²) in [6.45, 7) is 8.75. The zero-order valence-electron chi connectivity index (χ0n) is 15.9. The Morgan fingerprint density at radius 2 is 1.85 bits per heavy atom. The summed E-state index contributed by atoms with van der Waals surface area (Å²) >= 11 is 6.08. The average molecular weight is 396 g/mol. The van der Waals surface area contributed by atoms with Crippen molar-refractivity contribution < 1.29 is 18.8 Å². The Kier molecular flexibility index (Phi) is 6.26. The van der Waals surface area contributed by atoms with Crippen LogP contribution in [0.4, 0.5) is 15.8 Å². The Morgan fingerprint density at radius 3 is 2.37 bits per heavy atom. The number of hydrogen-bond donors (Lipinski definition) is 2. The van der Waals surface area contributed by atoms with Crippen molar-refractivity contribution in [2.45, 2.75) is 53.1 Å². The molecule has 1 unspecified atom stereocenters. The molecule has 146 valence electrons. The minimum Gasteiger partial charge on any atom is -0.373 e. The minimum absolute atomic E-state index is 0.0386. The number of imide groups is 1. The second-order valence-electron chi connectivity index (χ2n) is 7.00. The van der Waals surface area contributed by atoms with Crippen LogP contribution in [-0.4, -0.2) is 29.8 Å². The molecule has 1 aromatic rings. The zero-order chi connectivity index (χ0) is 20.5. The molecule has 1 atom stereocenters. The van der Waals surface area contributed by atoms with E-state index in [4.69, 9.17) is 11.6 Å². The number of nitrogens with zero attached hydrogens (tertiary/aromatic N) is 1. The van der Waals surface area contributed by atoms with Crippen LogP contribution < -0.4 is 15.5 Å². The van der Waals surface area contributed by atoms with Crippen molar-refractivity contribution in [2.24, 2.45) is 0 Å². The monoisotopic (exact) mass is 395 g/mol. The fraction of sp³-hybridized carbons (Fsp3) is 0.421. The zero-order valence-corrected chi connectivity index (χ0v) is 16.7. The maximum Gasteiger partial charge on any atom is 0.261 e. The van der Waals surface area contributed by atoms with Gasteiger partial charge in [0.2, 0.25) is 11.8 Å². The molecule has 1 fully saturated rings. The van der Waals surface area contributed by atoms with E-state index in [1.807, 2.05) is 13.8 Å². The van der Waals surface area contributed by atoms with Gasteiger partial charge in [-0.1, -0.05) is 17.2 Å². The first-order valence-electron chi connectivity index (χ1n) is 8.62. The number of rotatable bonds is 5. The normalized spacial score (nSPS) is 15.4. The molecule has 6 nitrogen and oxygen atoms in total. The van der Waals surface area contributed by atoms with E-state index >= 15 is 0 Å². The molecule has 1 aliphatic heterocycles. The molecule has 1 aliphatic rings. The lowest BCUT2D eigenvalue weighted by molar-refractivity contribution is -0.122. The summed E-state index contributed by atoms with van der Waals surface area (Å²) < 4.78 is 14.5. The van der Waals surface area contributed by atoms with Crippen LogP contribution in [0.2, 0.25) is 5.02 Å². The van der Waals surface area contributed by atoms with E-state index < -0.39 is 23.7 Å². The molecule has 0 aliphatic carbocycles. The quantitative estimate of drug-likeness (QED) is 0.591. The van der Waals surface area contributed by atoms with Gasteiger partial charge in [0.1, 0.15) is 11.9 Å². The molecule has 0 spiro atoms. The lowest BCUT2D eigenvalue weighted by Crippen LogP contribution is -2.41. The van der Waals surface area contributed by atoms with E-state index in [2.05, 4.69) is 10.6 Å². The number of allylic oxidation sites excluding steroid dienone is 1. The second-order valence-corrected chi connectivity index (χ2v) is 7.41. The summed E-state index contributed by atoms with van der Waals surface area (Å²) in [4.78, 5) is 37.7. The molecular weight excluding hydrogens is 373 g/mol. The van der Waals surface area contributed by atoms with Crippen LogP contribution in [0.25, 0.3) is 0 Å². The fourth-order valence-corrected chi connectivity index (χ4v) is 2.92. The molecule has 0 bridgehead atoms. The second kappa shape index (κ2) is 8.08. The van der Waals surface area contributed by atoms with Crippen LogP contribution in [0.3, 0.4) is 0 Å². The third kappa shape index (κ3) is 4.47. The van der Waals surface area contributed by atoms with Crippen molar-refractivity contribution in [1.82, 2.24) is 5.32 Å². The molecule has 3 amide bonds. The van der Waals surface area contributed by atoms with Crippen LogP contribution in [0.15, 0.2) is 23.3 Å². The van der Waals surface area contributed by atoms with Crippen molar-refractivity contribution in [3.8, 4) is 0 Å². The molecule has 8 heteroatoms. The summed E-state index contributed by atoms with van der Waals surface area (Å²) in [6, 6.07) is 1.61. The van der Waals surface area contributed by atoms with Gasteiger partial charge in [-0.05, 0) is 46.8 Å². The lowest BCUT2D eigenvalue weighted by Gasteiger charge is -2.20. The maximum absolute atomic E-state index is 14.5. The van der Waals surface area contributed by atoms with E-state index in [1.54, 1.807) is 20.8 Å². The number of halogens is 2. The van der Waals surface area contributed by atoms with Gasteiger partial charge in [0, 0.05) is 11.6 Å². The van der Waals surface area contributed by atoms with Gasteiger partial charge in [-0.25, -0.2) is 9.29 Å². The van der Waals surface area contributed by atoms with Crippen molar-refractivity contribution in [3.63, 3.8) is 0 Å². The van der Waals surface area contributed by atoms with E-state index in [9.17, 15) is 18.8 Å². The average Bonchev–Trinajstić information content (AvgIpc) is 2.84. The van der Waals surface area contributed by atoms with Gasteiger partial charge in [-0.15, -0.1) is 0 Å². The molecule has 0 aromatic heterocycles. The summed E-state index contributed by atoms with van der Waals surface area (Å²) in [7, 11) is 0. The third-order valence-corrected chi connectivity index (χ3v) is 4.43. The Bertz CT molecular complexity index is 832. The number of anilines is 2. The summed E-state index contributed by atoms with van der Waals surface area (Å²) in [5.41, 5.74) is 1.13. The smallest absolute Gasteiger partial charge is 0.261 e. The molecule has 0 radical (unpaired) electrons. The van der Waals surface area contributed by atoms with Gasteiger partial charge in [0.25, 0.3) is 5.91 Å². The molecule has 0 saturated carbocycles. The van der Waals surface area contributed by atoms with Crippen LogP contribution in [0, 0.1) is 5.82 Å². The maximum atomic E-state index is 14.5. The number of benzene rings is 1. The summed E-state index contributed by atoms with van der Waals surface area (Å²) in [6.07, 6.45) is -0.0702. The predicted molar refractivity (Wildman–Crippen MR) is 103 cm³/mol. The van der Waals surface area contributed by atoms with Crippen LogP contribution in [0.1, 0.15) is 41.0 Å². The Balaban J connectivity index is 2.37. The highest BCUT2D eigenvalue weighted by atomic mass is 35.5. The first-order chi connectivity index (χ1) is 12.5. The van der Waals surface area contributed by atoms with Gasteiger partial charge < -0.3 is 10.6 Å². The summed E-state index contributed by atoms with van der Waals surface area (Å²) in [5.74, 6) is -2.10. The summed E-state index contributed by atoms with van der Waals surface area (Å²) in [5, 5.41) is 5.69. The largest absolute Gasteiger partial charge is 0.373 e. The van der Waals surface area contributed by atoms with Crippen molar-refractivity contribution in [2.75, 3.05) is 10.2 Å². The van der Waals surface area contributed by atoms with Crippen LogP contribution >= 0.6 is 11.6 Å². The number of carbonyl (C=O) groups is 3. The van der Waals surface area contributed by atoms with Crippen molar-refractivity contribution >= 4 is 40.7 Å². The van der Waals surface area contributed by atoms with Gasteiger partial charge in [0.15, 0.2) is 0 Å². The topological polar surface area (TPSA) is 78.5 Å². The molecule has 1 aromatic carbocycles. The molecule has 1 heterocycles. The highest BCUT2D eigenvalue weighted by Crippen LogP contribution is 2.35. The van der Waals surface area contributed by atoms with E-state index in [-0.39, 0.29) is 34.8 Å². The Hall–Kier alpha value is -2.41. The highest BCUT2D eigenvalue weighted by Gasteiger charge is 2.37. The standard InChI is InChI=1S/C19H23ClFN3O3/c1-9(2)12-6-17(25)24(19(12)27)16-8-15(13(20)7-14(16)21)23-11(5)18(26)22-10(3)4/h7-8,10-11,23H,6H2,1-5H3,(H,22,26). The molecule has 1 saturated heterocycles. The fourth-order valence-electron chi connectivity index (χ4n) is 2.72. The Labute approximate surface area is 162 Å². The Morgan fingerprint density at radius 1 is 1.22 bits per heavy atom. The first-order valence-corrected chi connectivity index (χ1v) is 9.00. The van der Waals surface area contributed by atoms with E-state index in [1.165, 1.54) is 6.07 Å². The van der Waals surface area contributed by atoms with Crippen LogP contribution in [-0.2, 0) is 14.4 Å². The van der Waals surface area contributed by atoms with Gasteiger partial charge in [-0.3, -0.25) is 14.4 Å². The SMILES string of the molecule is CC(C)=C1CC(=O)N(c2cc(NC(C)C(=O)NC(C)C)c(Cl)cc2F)C1=O. The van der Waals surface area contributed by atoms with E-state index in [0.29, 0.717) is 11.1 Å². The van der Waals surface area contributed by atoms with Crippen molar-refractivity contribution in [3.05, 3.63) is 34.1 Å².